The van der Waals surface area contributed by atoms with Crippen molar-refractivity contribution in [2.75, 3.05) is 26.9 Å². The summed E-state index contributed by atoms with van der Waals surface area (Å²) in [7, 11) is 1.67. The van der Waals surface area contributed by atoms with E-state index in [9.17, 15) is 4.79 Å². The van der Waals surface area contributed by atoms with Gasteiger partial charge in [-0.05, 0) is 56.2 Å². The maximum Gasteiger partial charge on any atom is 0.315 e. The SMILES string of the molecule is COc1cccc(CCCNC(=O)N[C@H](C)C2CCOCC2)c1. The van der Waals surface area contributed by atoms with E-state index >= 15 is 0 Å². The zero-order valence-electron chi connectivity index (χ0n) is 14.1. The second-order valence-corrected chi connectivity index (χ2v) is 6.09. The largest absolute Gasteiger partial charge is 0.497 e. The van der Waals surface area contributed by atoms with Gasteiger partial charge in [0.15, 0.2) is 0 Å². The van der Waals surface area contributed by atoms with Gasteiger partial charge in [0.05, 0.1) is 7.11 Å². The Hall–Kier alpha value is -1.75. The normalized spacial score (nSPS) is 16.6. The summed E-state index contributed by atoms with van der Waals surface area (Å²) in [4.78, 5) is 11.9. The molecule has 1 aliphatic heterocycles. The fourth-order valence-corrected chi connectivity index (χ4v) is 2.91. The Balaban J connectivity index is 1.62. The Morgan fingerprint density at radius 1 is 1.39 bits per heavy atom. The number of nitrogens with one attached hydrogen (secondary N) is 2. The van der Waals surface area contributed by atoms with Gasteiger partial charge in [-0.2, -0.15) is 0 Å². The van der Waals surface area contributed by atoms with Crippen molar-refractivity contribution in [3.63, 3.8) is 0 Å². The van der Waals surface area contributed by atoms with E-state index in [4.69, 9.17) is 9.47 Å². The Kier molecular flexibility index (Phi) is 7.20. The zero-order chi connectivity index (χ0) is 16.5. The van der Waals surface area contributed by atoms with E-state index in [-0.39, 0.29) is 12.1 Å². The van der Waals surface area contributed by atoms with Crippen LogP contribution in [0, 0.1) is 5.92 Å². The number of urea groups is 1. The van der Waals surface area contributed by atoms with Gasteiger partial charge in [-0.1, -0.05) is 12.1 Å². The van der Waals surface area contributed by atoms with Crippen molar-refractivity contribution in [2.24, 2.45) is 5.92 Å². The first kappa shape index (κ1) is 17.6. The first-order valence-electron chi connectivity index (χ1n) is 8.44. The van der Waals surface area contributed by atoms with Crippen LogP contribution < -0.4 is 15.4 Å². The van der Waals surface area contributed by atoms with Crippen LogP contribution in [0.2, 0.25) is 0 Å². The van der Waals surface area contributed by atoms with E-state index in [1.807, 2.05) is 18.2 Å². The van der Waals surface area contributed by atoms with Gasteiger partial charge in [0, 0.05) is 25.8 Å². The molecule has 1 aromatic carbocycles. The molecule has 0 spiro atoms. The predicted octanol–water partition coefficient (Wildman–Crippen LogP) is 2.74. The van der Waals surface area contributed by atoms with Gasteiger partial charge in [-0.15, -0.1) is 0 Å². The Morgan fingerprint density at radius 2 is 2.17 bits per heavy atom. The lowest BCUT2D eigenvalue weighted by atomic mass is 9.93. The van der Waals surface area contributed by atoms with Crippen LogP contribution in [-0.2, 0) is 11.2 Å². The van der Waals surface area contributed by atoms with Gasteiger partial charge < -0.3 is 20.1 Å². The van der Waals surface area contributed by atoms with Crippen molar-refractivity contribution in [3.8, 4) is 5.75 Å². The van der Waals surface area contributed by atoms with Crippen LogP contribution in [0.5, 0.6) is 5.75 Å². The highest BCUT2D eigenvalue weighted by atomic mass is 16.5. The highest BCUT2D eigenvalue weighted by molar-refractivity contribution is 5.74. The number of hydrogen-bond donors (Lipinski definition) is 2. The maximum atomic E-state index is 11.9. The Bertz CT molecular complexity index is 487. The number of benzene rings is 1. The zero-order valence-corrected chi connectivity index (χ0v) is 14.1. The van der Waals surface area contributed by atoms with Gasteiger partial charge in [0.2, 0.25) is 0 Å². The van der Waals surface area contributed by atoms with E-state index in [0.29, 0.717) is 12.5 Å². The molecule has 2 N–H and O–H groups in total. The summed E-state index contributed by atoms with van der Waals surface area (Å²) in [5.41, 5.74) is 1.22. The van der Waals surface area contributed by atoms with Gasteiger partial charge in [-0.3, -0.25) is 0 Å². The lowest BCUT2D eigenvalue weighted by Crippen LogP contribution is -2.45. The number of rotatable bonds is 7. The molecule has 1 heterocycles. The number of carbonyl (C=O) groups excluding carboxylic acids is 1. The maximum absolute atomic E-state index is 11.9. The van der Waals surface area contributed by atoms with Crippen LogP contribution >= 0.6 is 0 Å². The van der Waals surface area contributed by atoms with Crippen molar-refractivity contribution < 1.29 is 14.3 Å². The van der Waals surface area contributed by atoms with Crippen molar-refractivity contribution in [2.45, 2.75) is 38.6 Å². The second kappa shape index (κ2) is 9.40. The third-order valence-corrected chi connectivity index (χ3v) is 4.39. The third kappa shape index (κ3) is 6.10. The van der Waals surface area contributed by atoms with E-state index in [0.717, 1.165) is 44.6 Å². The van der Waals surface area contributed by atoms with E-state index < -0.39 is 0 Å². The Labute approximate surface area is 138 Å². The molecular weight excluding hydrogens is 292 g/mol. The monoisotopic (exact) mass is 320 g/mol. The van der Waals surface area contributed by atoms with E-state index in [1.54, 1.807) is 7.11 Å². The first-order valence-corrected chi connectivity index (χ1v) is 8.44. The standard InChI is InChI=1S/C18H28N2O3/c1-14(16-8-11-23-12-9-16)20-18(21)19-10-4-6-15-5-3-7-17(13-15)22-2/h3,5,7,13-14,16H,4,6,8-12H2,1-2H3,(H2,19,20,21)/t14-/m1/s1. The smallest absolute Gasteiger partial charge is 0.315 e. The fraction of sp³-hybridized carbons (Fsp3) is 0.611. The molecule has 1 fully saturated rings. The molecular formula is C18H28N2O3. The van der Waals surface area contributed by atoms with Gasteiger partial charge >= 0.3 is 6.03 Å². The molecule has 0 radical (unpaired) electrons. The summed E-state index contributed by atoms with van der Waals surface area (Å²) in [5.74, 6) is 1.39. The topological polar surface area (TPSA) is 59.6 Å². The minimum atomic E-state index is -0.0744. The average Bonchev–Trinajstić information content (AvgIpc) is 2.59. The van der Waals surface area contributed by atoms with Crippen LogP contribution in [0.15, 0.2) is 24.3 Å². The quantitative estimate of drug-likeness (QED) is 0.760. The molecule has 1 saturated heterocycles. The average molecular weight is 320 g/mol. The fourth-order valence-electron chi connectivity index (χ4n) is 2.91. The van der Waals surface area contributed by atoms with Gasteiger partial charge in [0.1, 0.15) is 5.75 Å². The molecule has 1 atom stereocenters. The molecule has 0 unspecified atom stereocenters. The summed E-state index contributed by atoms with van der Waals surface area (Å²) in [6.45, 7) is 4.35. The van der Waals surface area contributed by atoms with Crippen LogP contribution in [0.1, 0.15) is 31.7 Å². The van der Waals surface area contributed by atoms with Gasteiger partial charge in [0.25, 0.3) is 0 Å². The minimum Gasteiger partial charge on any atom is -0.497 e. The number of carbonyl (C=O) groups is 1. The Morgan fingerprint density at radius 3 is 2.91 bits per heavy atom. The van der Waals surface area contributed by atoms with Crippen molar-refractivity contribution in [3.05, 3.63) is 29.8 Å². The van der Waals surface area contributed by atoms with Crippen molar-refractivity contribution >= 4 is 6.03 Å². The molecule has 2 amide bonds. The molecule has 0 aliphatic carbocycles. The molecule has 5 heteroatoms. The van der Waals surface area contributed by atoms with Crippen LogP contribution in [0.25, 0.3) is 0 Å². The molecule has 5 nitrogen and oxygen atoms in total. The molecule has 1 aliphatic rings. The number of methoxy groups -OCH3 is 1. The molecule has 1 aromatic rings. The van der Waals surface area contributed by atoms with Crippen LogP contribution in [0.3, 0.4) is 0 Å². The van der Waals surface area contributed by atoms with Crippen LogP contribution in [0.4, 0.5) is 4.79 Å². The molecule has 0 bridgehead atoms. The highest BCUT2D eigenvalue weighted by Crippen LogP contribution is 2.18. The highest BCUT2D eigenvalue weighted by Gasteiger charge is 2.21. The first-order chi connectivity index (χ1) is 11.2. The lowest BCUT2D eigenvalue weighted by Gasteiger charge is -2.28. The summed E-state index contributed by atoms with van der Waals surface area (Å²) < 4.78 is 10.6. The summed E-state index contributed by atoms with van der Waals surface area (Å²) in [6, 6.07) is 8.16. The summed E-state index contributed by atoms with van der Waals surface area (Å²) >= 11 is 0. The van der Waals surface area contributed by atoms with E-state index in [2.05, 4.69) is 23.6 Å². The minimum absolute atomic E-state index is 0.0744. The number of ether oxygens (including phenoxy) is 2. The number of hydrogen-bond acceptors (Lipinski definition) is 3. The molecule has 128 valence electrons. The molecule has 23 heavy (non-hydrogen) atoms. The molecule has 2 rings (SSSR count). The van der Waals surface area contributed by atoms with Crippen molar-refractivity contribution in [1.29, 1.82) is 0 Å². The summed E-state index contributed by atoms with van der Waals surface area (Å²) in [5, 5.41) is 5.98. The number of aryl methyl sites for hydroxylation is 1. The number of amides is 2. The lowest BCUT2D eigenvalue weighted by molar-refractivity contribution is 0.0571. The van der Waals surface area contributed by atoms with Crippen molar-refractivity contribution in [1.82, 2.24) is 10.6 Å². The molecule has 0 aromatic heterocycles. The van der Waals surface area contributed by atoms with Gasteiger partial charge in [-0.25, -0.2) is 4.79 Å². The van der Waals surface area contributed by atoms with Crippen LogP contribution in [-0.4, -0.2) is 38.9 Å². The summed E-state index contributed by atoms with van der Waals surface area (Å²) in [6.07, 6.45) is 3.88. The predicted molar refractivity (Wildman–Crippen MR) is 90.9 cm³/mol. The van der Waals surface area contributed by atoms with E-state index in [1.165, 1.54) is 5.56 Å². The third-order valence-electron chi connectivity index (χ3n) is 4.39. The second-order valence-electron chi connectivity index (χ2n) is 6.09. The molecule has 0 saturated carbocycles.